The minimum atomic E-state index is -0.0581. The van der Waals surface area contributed by atoms with Crippen LogP contribution >= 0.6 is 0 Å². The molecule has 3 nitrogen and oxygen atoms in total. The summed E-state index contributed by atoms with van der Waals surface area (Å²) in [5.74, 6) is 0.999. The van der Waals surface area contributed by atoms with E-state index in [-0.39, 0.29) is 5.60 Å². The Morgan fingerprint density at radius 3 is 2.76 bits per heavy atom. The van der Waals surface area contributed by atoms with Crippen LogP contribution in [0.4, 0.5) is 5.69 Å². The number of nitrogens with one attached hydrogen (secondary N) is 1. The second-order valence-electron chi connectivity index (χ2n) is 5.96. The van der Waals surface area contributed by atoms with E-state index in [4.69, 9.17) is 4.74 Å². The zero-order valence-electron chi connectivity index (χ0n) is 12.5. The second-order valence-corrected chi connectivity index (χ2v) is 5.96. The lowest BCUT2D eigenvalue weighted by molar-refractivity contribution is 0.0847. The van der Waals surface area contributed by atoms with Crippen molar-refractivity contribution in [2.24, 2.45) is 5.10 Å². The first-order valence-electron chi connectivity index (χ1n) is 7.28. The fraction of sp³-hybridized carbons (Fsp3) is 0.278. The number of nitrogens with zero attached hydrogens (tertiary/aromatic N) is 1. The zero-order chi connectivity index (χ0) is 14.7. The van der Waals surface area contributed by atoms with Crippen LogP contribution in [0.5, 0.6) is 5.75 Å². The summed E-state index contributed by atoms with van der Waals surface area (Å²) in [5.41, 5.74) is 6.30. The van der Waals surface area contributed by atoms with Crippen molar-refractivity contribution in [3.8, 4) is 5.75 Å². The first kappa shape index (κ1) is 13.7. The standard InChI is InChI=1S/C18H20N2O/c1-18(2)11-10-15-12-14(8-9-17(15)21-18)13-19-20-16-6-4-3-5-7-16/h3-9,12-13,20H,10-11H2,1-2H3. The van der Waals surface area contributed by atoms with Crippen LogP contribution in [0.2, 0.25) is 0 Å². The van der Waals surface area contributed by atoms with E-state index in [0.29, 0.717) is 0 Å². The molecule has 3 heteroatoms. The highest BCUT2D eigenvalue weighted by Crippen LogP contribution is 2.33. The summed E-state index contributed by atoms with van der Waals surface area (Å²) in [5, 5.41) is 4.27. The molecule has 0 atom stereocenters. The van der Waals surface area contributed by atoms with Crippen LogP contribution in [-0.4, -0.2) is 11.8 Å². The van der Waals surface area contributed by atoms with E-state index < -0.39 is 0 Å². The SMILES string of the molecule is CC1(C)CCc2cc(C=NNc3ccccc3)ccc2O1. The molecule has 108 valence electrons. The molecule has 21 heavy (non-hydrogen) atoms. The summed E-state index contributed by atoms with van der Waals surface area (Å²) in [6.07, 6.45) is 3.94. The Morgan fingerprint density at radius 2 is 1.95 bits per heavy atom. The van der Waals surface area contributed by atoms with E-state index in [1.165, 1.54) is 5.56 Å². The maximum Gasteiger partial charge on any atom is 0.123 e. The molecule has 0 amide bonds. The normalized spacial score (nSPS) is 16.3. The van der Waals surface area contributed by atoms with Crippen LogP contribution in [0.3, 0.4) is 0 Å². The largest absolute Gasteiger partial charge is 0.488 e. The van der Waals surface area contributed by atoms with Crippen LogP contribution in [0, 0.1) is 0 Å². The molecule has 0 aliphatic carbocycles. The molecule has 0 radical (unpaired) electrons. The van der Waals surface area contributed by atoms with Gasteiger partial charge in [-0.3, -0.25) is 5.43 Å². The molecule has 1 heterocycles. The predicted octanol–water partition coefficient (Wildman–Crippen LogP) is 4.24. The lowest BCUT2D eigenvalue weighted by Crippen LogP contribution is -2.32. The molecule has 1 aliphatic rings. The molecule has 0 spiro atoms. The molecule has 0 aromatic heterocycles. The molecule has 0 saturated heterocycles. The Morgan fingerprint density at radius 1 is 1.14 bits per heavy atom. The van der Waals surface area contributed by atoms with Gasteiger partial charge in [0.05, 0.1) is 11.9 Å². The minimum absolute atomic E-state index is 0.0581. The van der Waals surface area contributed by atoms with Gasteiger partial charge >= 0.3 is 0 Å². The average Bonchev–Trinajstić information content (AvgIpc) is 2.48. The number of hydrazone groups is 1. The van der Waals surface area contributed by atoms with Crippen LogP contribution in [0.15, 0.2) is 53.6 Å². The molecule has 3 rings (SSSR count). The molecule has 0 saturated carbocycles. The van der Waals surface area contributed by atoms with E-state index in [1.807, 2.05) is 48.7 Å². The first-order valence-corrected chi connectivity index (χ1v) is 7.28. The summed E-state index contributed by atoms with van der Waals surface area (Å²) in [7, 11) is 0. The highest BCUT2D eigenvalue weighted by Gasteiger charge is 2.26. The van der Waals surface area contributed by atoms with Crippen molar-refractivity contribution >= 4 is 11.9 Å². The van der Waals surface area contributed by atoms with E-state index >= 15 is 0 Å². The Bertz CT molecular complexity index is 648. The molecule has 1 aliphatic heterocycles. The lowest BCUT2D eigenvalue weighted by Gasteiger charge is -2.32. The molecule has 1 N–H and O–H groups in total. The van der Waals surface area contributed by atoms with Crippen molar-refractivity contribution in [1.82, 2.24) is 0 Å². The van der Waals surface area contributed by atoms with Crippen LogP contribution in [0.1, 0.15) is 31.4 Å². The molecule has 0 bridgehead atoms. The molecule has 0 unspecified atom stereocenters. The number of fused-ring (bicyclic) bond motifs is 1. The third-order valence-corrected chi connectivity index (χ3v) is 3.65. The third-order valence-electron chi connectivity index (χ3n) is 3.65. The predicted molar refractivity (Wildman–Crippen MR) is 87.1 cm³/mol. The Labute approximate surface area is 125 Å². The van der Waals surface area contributed by atoms with E-state index in [0.717, 1.165) is 29.8 Å². The highest BCUT2D eigenvalue weighted by atomic mass is 16.5. The number of hydrogen-bond acceptors (Lipinski definition) is 3. The third kappa shape index (κ3) is 3.43. The second kappa shape index (κ2) is 5.60. The number of rotatable bonds is 3. The van der Waals surface area contributed by atoms with Crippen LogP contribution < -0.4 is 10.2 Å². The minimum Gasteiger partial charge on any atom is -0.488 e. The summed E-state index contributed by atoms with van der Waals surface area (Å²) < 4.78 is 5.99. The van der Waals surface area contributed by atoms with Gasteiger partial charge in [-0.25, -0.2) is 0 Å². The van der Waals surface area contributed by atoms with Gasteiger partial charge in [0.15, 0.2) is 0 Å². The van der Waals surface area contributed by atoms with Gasteiger partial charge in [-0.1, -0.05) is 18.2 Å². The number of para-hydroxylation sites is 1. The van der Waals surface area contributed by atoms with Crippen molar-refractivity contribution < 1.29 is 4.74 Å². The fourth-order valence-electron chi connectivity index (χ4n) is 2.45. The van der Waals surface area contributed by atoms with Gasteiger partial charge in [0.25, 0.3) is 0 Å². The van der Waals surface area contributed by atoms with Gasteiger partial charge < -0.3 is 4.74 Å². The fourth-order valence-corrected chi connectivity index (χ4v) is 2.45. The van der Waals surface area contributed by atoms with Crippen LogP contribution in [-0.2, 0) is 6.42 Å². The summed E-state index contributed by atoms with van der Waals surface area (Å²) in [6, 6.07) is 16.2. The number of anilines is 1. The van der Waals surface area contributed by atoms with E-state index in [1.54, 1.807) is 0 Å². The van der Waals surface area contributed by atoms with Gasteiger partial charge in [0.2, 0.25) is 0 Å². The highest BCUT2D eigenvalue weighted by molar-refractivity contribution is 5.81. The summed E-state index contributed by atoms with van der Waals surface area (Å²) in [4.78, 5) is 0. The van der Waals surface area contributed by atoms with Gasteiger partial charge in [-0.2, -0.15) is 5.10 Å². The Hall–Kier alpha value is -2.29. The quantitative estimate of drug-likeness (QED) is 0.674. The van der Waals surface area contributed by atoms with Gasteiger partial charge in [0.1, 0.15) is 11.4 Å². The molecule has 0 fully saturated rings. The maximum absolute atomic E-state index is 5.99. The van der Waals surface area contributed by atoms with Crippen LogP contribution in [0.25, 0.3) is 0 Å². The molecular formula is C18H20N2O. The molecule has 2 aromatic rings. The van der Waals surface area contributed by atoms with Crippen molar-refractivity contribution in [2.75, 3.05) is 5.43 Å². The average molecular weight is 280 g/mol. The van der Waals surface area contributed by atoms with Crippen molar-refractivity contribution in [1.29, 1.82) is 0 Å². The van der Waals surface area contributed by atoms with Gasteiger partial charge in [-0.05, 0) is 68.1 Å². The zero-order valence-corrected chi connectivity index (χ0v) is 12.5. The molecular weight excluding hydrogens is 260 g/mol. The number of aryl methyl sites for hydroxylation is 1. The first-order chi connectivity index (χ1) is 10.1. The summed E-state index contributed by atoms with van der Waals surface area (Å²) in [6.45, 7) is 4.27. The van der Waals surface area contributed by atoms with Crippen molar-refractivity contribution in [3.63, 3.8) is 0 Å². The van der Waals surface area contributed by atoms with Gasteiger partial charge in [-0.15, -0.1) is 0 Å². The number of benzene rings is 2. The maximum atomic E-state index is 5.99. The smallest absolute Gasteiger partial charge is 0.123 e. The van der Waals surface area contributed by atoms with E-state index in [9.17, 15) is 0 Å². The monoisotopic (exact) mass is 280 g/mol. The number of ether oxygens (including phenoxy) is 1. The Balaban J connectivity index is 1.70. The van der Waals surface area contributed by atoms with Crippen molar-refractivity contribution in [2.45, 2.75) is 32.3 Å². The van der Waals surface area contributed by atoms with E-state index in [2.05, 4.69) is 30.4 Å². The Kier molecular flexibility index (Phi) is 3.65. The molecule has 2 aromatic carbocycles. The van der Waals surface area contributed by atoms with Gasteiger partial charge in [0, 0.05) is 0 Å². The number of hydrogen-bond donors (Lipinski definition) is 1. The topological polar surface area (TPSA) is 33.6 Å². The van der Waals surface area contributed by atoms with Crippen molar-refractivity contribution in [3.05, 3.63) is 59.7 Å². The lowest BCUT2D eigenvalue weighted by atomic mass is 9.93. The summed E-state index contributed by atoms with van der Waals surface area (Å²) >= 11 is 0.